The van der Waals surface area contributed by atoms with Crippen molar-refractivity contribution in [3.8, 4) is 0 Å². The van der Waals surface area contributed by atoms with Gasteiger partial charge >= 0.3 is 0 Å². The number of ether oxygens (including phenoxy) is 1. The van der Waals surface area contributed by atoms with E-state index < -0.39 is 0 Å². The topological polar surface area (TPSA) is 55.0 Å². The molecule has 0 spiro atoms. The minimum atomic E-state index is 0.418. The Morgan fingerprint density at radius 2 is 2.42 bits per heavy atom. The molecule has 0 saturated heterocycles. The molecule has 19 heavy (non-hydrogen) atoms. The quantitative estimate of drug-likeness (QED) is 0.862. The van der Waals surface area contributed by atoms with Crippen molar-refractivity contribution in [1.29, 1.82) is 0 Å². The van der Waals surface area contributed by atoms with E-state index in [1.54, 1.807) is 29.8 Å². The molecule has 0 radical (unpaired) electrons. The van der Waals surface area contributed by atoms with Crippen LogP contribution in [0.4, 0.5) is 5.82 Å². The van der Waals surface area contributed by atoms with Gasteiger partial charge in [0.25, 0.3) is 0 Å². The van der Waals surface area contributed by atoms with Crippen LogP contribution >= 0.6 is 11.3 Å². The molecule has 2 aromatic heterocycles. The van der Waals surface area contributed by atoms with Gasteiger partial charge in [0.15, 0.2) is 5.82 Å². The molecule has 0 N–H and O–H groups in total. The van der Waals surface area contributed by atoms with Crippen LogP contribution in [-0.2, 0) is 11.4 Å². The molecule has 7 heteroatoms. The van der Waals surface area contributed by atoms with E-state index in [0.29, 0.717) is 13.4 Å². The molecule has 0 saturated carbocycles. The fourth-order valence-electron chi connectivity index (χ4n) is 1.79. The van der Waals surface area contributed by atoms with Crippen molar-refractivity contribution in [3.63, 3.8) is 0 Å². The summed E-state index contributed by atoms with van der Waals surface area (Å²) in [7, 11) is 1.63. The van der Waals surface area contributed by atoms with Gasteiger partial charge in [-0.2, -0.15) is 0 Å². The number of fused-ring (bicyclic) bond motifs is 1. The van der Waals surface area contributed by atoms with Crippen LogP contribution in [0, 0.1) is 0 Å². The number of methoxy groups -OCH3 is 1. The third kappa shape index (κ3) is 2.56. The summed E-state index contributed by atoms with van der Waals surface area (Å²) in [6, 6.07) is 4.08. The van der Waals surface area contributed by atoms with Gasteiger partial charge in [-0.1, -0.05) is 11.3 Å². The fourth-order valence-corrected chi connectivity index (χ4v) is 2.41. The van der Waals surface area contributed by atoms with Gasteiger partial charge in [0.2, 0.25) is 0 Å². The Morgan fingerprint density at radius 3 is 3.21 bits per heavy atom. The van der Waals surface area contributed by atoms with Gasteiger partial charge in [0, 0.05) is 12.0 Å². The lowest BCUT2D eigenvalue weighted by Crippen LogP contribution is -2.24. The molecule has 0 aromatic carbocycles. The summed E-state index contributed by atoms with van der Waals surface area (Å²) >= 11 is 1.69. The Labute approximate surface area is 114 Å². The molecule has 1 aliphatic heterocycles. The summed E-state index contributed by atoms with van der Waals surface area (Å²) in [6.07, 6.45) is 5.76. The Bertz CT molecular complexity index is 602. The van der Waals surface area contributed by atoms with Crippen LogP contribution in [0.5, 0.6) is 0 Å². The Morgan fingerprint density at radius 1 is 1.47 bits per heavy atom. The average Bonchev–Trinajstić information content (AvgIpc) is 3.05. The normalized spacial score (nSPS) is 14.3. The molecular formula is C12H13N5OS. The summed E-state index contributed by atoms with van der Waals surface area (Å²) in [5.41, 5.74) is 0.828. The zero-order valence-electron chi connectivity index (χ0n) is 10.4. The lowest BCUT2D eigenvalue weighted by Gasteiger charge is -2.20. The molecule has 3 rings (SSSR count). The lowest BCUT2D eigenvalue weighted by atomic mass is 10.3. The van der Waals surface area contributed by atoms with Gasteiger partial charge in [0.1, 0.15) is 19.1 Å². The molecule has 2 aromatic rings. The predicted octanol–water partition coefficient (Wildman–Crippen LogP) is 2.99. The van der Waals surface area contributed by atoms with Gasteiger partial charge in [-0.25, -0.2) is 9.99 Å². The molecule has 98 valence electrons. The van der Waals surface area contributed by atoms with Crippen LogP contribution < -0.4 is 0 Å². The molecule has 6 nitrogen and oxygen atoms in total. The van der Waals surface area contributed by atoms with E-state index in [-0.39, 0.29) is 0 Å². The van der Waals surface area contributed by atoms with Crippen molar-refractivity contribution in [2.45, 2.75) is 6.67 Å². The zero-order valence-corrected chi connectivity index (χ0v) is 11.2. The van der Waals surface area contributed by atoms with Gasteiger partial charge < -0.3 is 4.74 Å². The van der Waals surface area contributed by atoms with Crippen LogP contribution in [0.1, 0.15) is 10.6 Å². The summed E-state index contributed by atoms with van der Waals surface area (Å²) in [4.78, 5) is 5.54. The molecule has 3 heterocycles. The van der Waals surface area contributed by atoms with E-state index in [9.17, 15) is 0 Å². The lowest BCUT2D eigenvalue weighted by molar-refractivity contribution is 0.0335. The maximum absolute atomic E-state index is 5.03. The van der Waals surface area contributed by atoms with E-state index in [1.165, 1.54) is 4.88 Å². The average molecular weight is 275 g/mol. The second-order valence-corrected chi connectivity index (χ2v) is 5.01. The zero-order chi connectivity index (χ0) is 13.1. The SMILES string of the molecule is COCN1Cn2cnc(/C=C/c3cccs3)c2N=N1. The number of aromatic nitrogens is 2. The second kappa shape index (κ2) is 5.33. The van der Waals surface area contributed by atoms with Crippen molar-refractivity contribution in [2.75, 3.05) is 13.8 Å². The van der Waals surface area contributed by atoms with E-state index in [2.05, 4.69) is 21.4 Å². The Hall–Kier alpha value is -1.99. The van der Waals surface area contributed by atoms with E-state index in [1.807, 2.05) is 28.2 Å². The van der Waals surface area contributed by atoms with Gasteiger partial charge in [-0.15, -0.1) is 16.5 Å². The highest BCUT2D eigenvalue weighted by Crippen LogP contribution is 2.25. The van der Waals surface area contributed by atoms with Crippen molar-refractivity contribution < 1.29 is 4.74 Å². The smallest absolute Gasteiger partial charge is 0.185 e. The molecule has 0 unspecified atom stereocenters. The van der Waals surface area contributed by atoms with Crippen LogP contribution in [-0.4, -0.2) is 28.4 Å². The second-order valence-electron chi connectivity index (χ2n) is 4.03. The standard InChI is InChI=1S/C12H13N5OS/c1-18-9-17-8-16-7-13-11(12(16)14-15-17)5-4-10-3-2-6-19-10/h2-7H,8-9H2,1H3/b5-4+. The largest absolute Gasteiger partial charge is 0.363 e. The number of hydrogen-bond donors (Lipinski definition) is 0. The van der Waals surface area contributed by atoms with E-state index in [0.717, 1.165) is 11.5 Å². The summed E-state index contributed by atoms with van der Waals surface area (Å²) < 4.78 is 6.97. The van der Waals surface area contributed by atoms with Crippen molar-refractivity contribution >= 4 is 29.3 Å². The first-order valence-electron chi connectivity index (χ1n) is 5.79. The monoisotopic (exact) mass is 275 g/mol. The van der Waals surface area contributed by atoms with Crippen molar-refractivity contribution in [3.05, 3.63) is 34.4 Å². The molecule has 1 aliphatic rings. The Balaban J connectivity index is 1.80. The van der Waals surface area contributed by atoms with Crippen molar-refractivity contribution in [1.82, 2.24) is 14.6 Å². The number of rotatable bonds is 4. The van der Waals surface area contributed by atoms with Gasteiger partial charge in [-0.3, -0.25) is 4.57 Å². The highest BCUT2D eigenvalue weighted by atomic mass is 32.1. The first-order valence-corrected chi connectivity index (χ1v) is 6.67. The third-order valence-electron chi connectivity index (χ3n) is 2.65. The Kier molecular flexibility index (Phi) is 3.39. The number of imidazole rings is 1. The highest BCUT2D eigenvalue weighted by Gasteiger charge is 2.15. The first kappa shape index (κ1) is 12.1. The maximum atomic E-state index is 5.03. The summed E-state index contributed by atoms with van der Waals surface area (Å²) in [6.45, 7) is 1.02. The van der Waals surface area contributed by atoms with E-state index in [4.69, 9.17) is 4.74 Å². The number of nitrogens with zero attached hydrogens (tertiary/aromatic N) is 5. The minimum Gasteiger partial charge on any atom is -0.363 e. The molecular weight excluding hydrogens is 262 g/mol. The molecule has 0 amide bonds. The predicted molar refractivity (Wildman–Crippen MR) is 73.7 cm³/mol. The van der Waals surface area contributed by atoms with E-state index >= 15 is 0 Å². The number of hydrogen-bond acceptors (Lipinski definition) is 6. The van der Waals surface area contributed by atoms with Crippen LogP contribution in [0.15, 0.2) is 34.2 Å². The van der Waals surface area contributed by atoms with Gasteiger partial charge in [0.05, 0.1) is 6.33 Å². The maximum Gasteiger partial charge on any atom is 0.185 e. The van der Waals surface area contributed by atoms with Crippen LogP contribution in [0.25, 0.3) is 12.2 Å². The third-order valence-corrected chi connectivity index (χ3v) is 3.48. The van der Waals surface area contributed by atoms with Crippen LogP contribution in [0.2, 0.25) is 0 Å². The summed E-state index contributed by atoms with van der Waals surface area (Å²) in [5, 5.41) is 12.0. The molecule has 0 atom stereocenters. The van der Waals surface area contributed by atoms with Crippen molar-refractivity contribution in [2.24, 2.45) is 10.3 Å². The number of thiophene rings is 1. The first-order chi connectivity index (χ1) is 9.36. The van der Waals surface area contributed by atoms with Gasteiger partial charge in [-0.05, 0) is 23.6 Å². The van der Waals surface area contributed by atoms with Crippen LogP contribution in [0.3, 0.4) is 0 Å². The summed E-state index contributed by atoms with van der Waals surface area (Å²) in [5.74, 6) is 0.778. The molecule has 0 bridgehead atoms. The minimum absolute atomic E-state index is 0.418. The molecule has 0 aliphatic carbocycles. The highest BCUT2D eigenvalue weighted by molar-refractivity contribution is 7.10. The molecule has 0 fully saturated rings. The fraction of sp³-hybridized carbons (Fsp3) is 0.250.